The molecule has 5 nitrogen and oxygen atoms in total. The van der Waals surface area contributed by atoms with Crippen molar-refractivity contribution in [2.75, 3.05) is 5.32 Å². The van der Waals surface area contributed by atoms with Gasteiger partial charge in [0.2, 0.25) is 5.88 Å². The van der Waals surface area contributed by atoms with Crippen molar-refractivity contribution in [3.05, 3.63) is 42.5 Å². The van der Waals surface area contributed by atoms with Crippen LogP contribution in [0.2, 0.25) is 0 Å². The van der Waals surface area contributed by atoms with Gasteiger partial charge in [-0.25, -0.2) is 0 Å². The van der Waals surface area contributed by atoms with Crippen LogP contribution in [-0.4, -0.2) is 21.4 Å². The van der Waals surface area contributed by atoms with Gasteiger partial charge in [0.25, 0.3) is 0 Å². The van der Waals surface area contributed by atoms with Gasteiger partial charge in [0.05, 0.1) is 0 Å². The molecule has 1 fully saturated rings. The fraction of sp³-hybridized carbons (Fsp3) is 0.214. The van der Waals surface area contributed by atoms with Gasteiger partial charge in [-0.3, -0.25) is 0 Å². The Bertz CT molecular complexity index is 584. The van der Waals surface area contributed by atoms with E-state index in [1.807, 2.05) is 30.3 Å². The standard InChI is InChI=1S/C14H14N4OS/c20-14(15-10-6-7-10)16-12-8-9-13(18-17-12)19-11-4-2-1-3-5-11/h1-5,8-10H,6-7H2,(H2,15,16,17,20). The van der Waals surface area contributed by atoms with E-state index in [-0.39, 0.29) is 0 Å². The van der Waals surface area contributed by atoms with Crippen LogP contribution >= 0.6 is 12.2 Å². The lowest BCUT2D eigenvalue weighted by atomic mass is 10.3. The summed E-state index contributed by atoms with van der Waals surface area (Å²) < 4.78 is 5.56. The molecule has 1 aliphatic carbocycles. The third-order valence-electron chi connectivity index (χ3n) is 2.76. The van der Waals surface area contributed by atoms with Gasteiger partial charge in [-0.2, -0.15) is 0 Å². The van der Waals surface area contributed by atoms with Gasteiger partial charge < -0.3 is 15.4 Å². The van der Waals surface area contributed by atoms with Gasteiger partial charge in [0.15, 0.2) is 10.9 Å². The number of para-hydroxylation sites is 1. The average Bonchev–Trinajstić information content (AvgIpc) is 3.26. The Kier molecular flexibility index (Phi) is 3.73. The zero-order chi connectivity index (χ0) is 13.8. The number of ether oxygens (including phenoxy) is 1. The molecule has 3 rings (SSSR count). The molecule has 2 aromatic rings. The molecular formula is C14H14N4OS. The molecule has 6 heteroatoms. The number of benzene rings is 1. The maximum absolute atomic E-state index is 5.56. The summed E-state index contributed by atoms with van der Waals surface area (Å²) in [6.07, 6.45) is 2.36. The third kappa shape index (κ3) is 3.64. The van der Waals surface area contributed by atoms with E-state index < -0.39 is 0 Å². The molecule has 0 amide bonds. The zero-order valence-corrected chi connectivity index (χ0v) is 11.6. The second-order valence-electron chi connectivity index (χ2n) is 4.54. The van der Waals surface area contributed by atoms with Crippen LogP contribution in [0.1, 0.15) is 12.8 Å². The molecule has 1 aromatic heterocycles. The number of thiocarbonyl (C=S) groups is 1. The molecule has 1 aromatic carbocycles. The van der Waals surface area contributed by atoms with Crippen LogP contribution in [0.15, 0.2) is 42.5 Å². The topological polar surface area (TPSA) is 59.1 Å². The molecule has 2 N–H and O–H groups in total. The minimum atomic E-state index is 0.447. The predicted molar refractivity (Wildman–Crippen MR) is 80.9 cm³/mol. The number of anilines is 1. The Morgan fingerprint density at radius 1 is 1.10 bits per heavy atom. The van der Waals surface area contributed by atoms with Crippen molar-refractivity contribution < 1.29 is 4.74 Å². The van der Waals surface area contributed by atoms with Crippen LogP contribution in [0.5, 0.6) is 11.6 Å². The average molecular weight is 286 g/mol. The van der Waals surface area contributed by atoms with E-state index in [9.17, 15) is 0 Å². The van der Waals surface area contributed by atoms with E-state index in [4.69, 9.17) is 17.0 Å². The summed E-state index contributed by atoms with van der Waals surface area (Å²) in [7, 11) is 0. The SMILES string of the molecule is S=C(Nc1ccc(Oc2ccccc2)nn1)NC1CC1. The Labute approximate surface area is 122 Å². The molecule has 102 valence electrons. The van der Waals surface area contributed by atoms with Crippen molar-refractivity contribution in [3.8, 4) is 11.6 Å². The van der Waals surface area contributed by atoms with Crippen LogP contribution in [0.3, 0.4) is 0 Å². The van der Waals surface area contributed by atoms with Crippen LogP contribution in [-0.2, 0) is 0 Å². The third-order valence-corrected chi connectivity index (χ3v) is 2.98. The Balaban J connectivity index is 1.57. The minimum Gasteiger partial charge on any atom is -0.438 e. The normalized spacial score (nSPS) is 13.6. The molecule has 0 bridgehead atoms. The summed E-state index contributed by atoms with van der Waals surface area (Å²) in [5, 5.41) is 14.8. The van der Waals surface area contributed by atoms with Gasteiger partial charge in [-0.1, -0.05) is 18.2 Å². The number of nitrogens with one attached hydrogen (secondary N) is 2. The smallest absolute Gasteiger partial charge is 0.238 e. The fourth-order valence-corrected chi connectivity index (χ4v) is 1.89. The maximum atomic E-state index is 5.56. The number of rotatable bonds is 4. The minimum absolute atomic E-state index is 0.447. The highest BCUT2D eigenvalue weighted by atomic mass is 32.1. The first-order valence-corrected chi connectivity index (χ1v) is 6.84. The second kappa shape index (κ2) is 5.83. The molecule has 0 saturated heterocycles. The van der Waals surface area contributed by atoms with E-state index in [1.165, 1.54) is 12.8 Å². The van der Waals surface area contributed by atoms with Crippen molar-refractivity contribution in [1.82, 2.24) is 15.5 Å². The van der Waals surface area contributed by atoms with Crippen molar-refractivity contribution in [2.45, 2.75) is 18.9 Å². The van der Waals surface area contributed by atoms with Crippen LogP contribution in [0.4, 0.5) is 5.82 Å². The molecule has 20 heavy (non-hydrogen) atoms. The van der Waals surface area contributed by atoms with E-state index in [1.54, 1.807) is 12.1 Å². The van der Waals surface area contributed by atoms with E-state index >= 15 is 0 Å². The molecule has 0 radical (unpaired) electrons. The van der Waals surface area contributed by atoms with Gasteiger partial charge in [0.1, 0.15) is 5.75 Å². The summed E-state index contributed by atoms with van der Waals surface area (Å²) in [4.78, 5) is 0. The molecule has 1 aliphatic rings. The summed E-state index contributed by atoms with van der Waals surface area (Å²) in [6.45, 7) is 0. The largest absolute Gasteiger partial charge is 0.438 e. The molecule has 0 unspecified atom stereocenters. The second-order valence-corrected chi connectivity index (χ2v) is 4.95. The predicted octanol–water partition coefficient (Wildman–Crippen LogP) is 2.72. The summed E-state index contributed by atoms with van der Waals surface area (Å²) in [5.74, 6) is 1.78. The lowest BCUT2D eigenvalue weighted by Gasteiger charge is -2.08. The van der Waals surface area contributed by atoms with E-state index in [0.29, 0.717) is 22.9 Å². The number of nitrogens with zero attached hydrogens (tertiary/aromatic N) is 2. The first-order valence-electron chi connectivity index (χ1n) is 6.44. The van der Waals surface area contributed by atoms with Crippen molar-refractivity contribution >= 4 is 23.1 Å². The van der Waals surface area contributed by atoms with Crippen LogP contribution in [0.25, 0.3) is 0 Å². The molecule has 1 heterocycles. The fourth-order valence-electron chi connectivity index (χ4n) is 1.62. The molecule has 0 atom stereocenters. The highest BCUT2D eigenvalue weighted by molar-refractivity contribution is 7.80. The van der Waals surface area contributed by atoms with Gasteiger partial charge >= 0.3 is 0 Å². The summed E-state index contributed by atoms with van der Waals surface area (Å²) in [6, 6.07) is 13.5. The van der Waals surface area contributed by atoms with Crippen LogP contribution < -0.4 is 15.4 Å². The number of hydrogen-bond acceptors (Lipinski definition) is 4. The lowest BCUT2D eigenvalue weighted by Crippen LogP contribution is -2.30. The zero-order valence-electron chi connectivity index (χ0n) is 10.7. The Morgan fingerprint density at radius 2 is 1.90 bits per heavy atom. The van der Waals surface area contributed by atoms with Gasteiger partial charge in [-0.15, -0.1) is 10.2 Å². The molecular weight excluding hydrogens is 272 g/mol. The van der Waals surface area contributed by atoms with Crippen LogP contribution in [0, 0.1) is 0 Å². The Morgan fingerprint density at radius 3 is 2.55 bits per heavy atom. The molecule has 0 aliphatic heterocycles. The first kappa shape index (κ1) is 12.8. The molecule has 0 spiro atoms. The lowest BCUT2D eigenvalue weighted by molar-refractivity contribution is 0.455. The summed E-state index contributed by atoms with van der Waals surface area (Å²) >= 11 is 5.17. The highest BCUT2D eigenvalue weighted by Crippen LogP contribution is 2.20. The van der Waals surface area contributed by atoms with Crippen molar-refractivity contribution in [3.63, 3.8) is 0 Å². The van der Waals surface area contributed by atoms with E-state index in [2.05, 4.69) is 20.8 Å². The Hall–Kier alpha value is -2.21. The summed E-state index contributed by atoms with van der Waals surface area (Å²) in [5.41, 5.74) is 0. The van der Waals surface area contributed by atoms with Crippen molar-refractivity contribution in [2.24, 2.45) is 0 Å². The molecule has 1 saturated carbocycles. The van der Waals surface area contributed by atoms with Crippen molar-refractivity contribution in [1.29, 1.82) is 0 Å². The first-order chi connectivity index (χ1) is 9.79. The number of hydrogen-bond donors (Lipinski definition) is 2. The maximum Gasteiger partial charge on any atom is 0.238 e. The highest BCUT2D eigenvalue weighted by Gasteiger charge is 2.21. The number of aromatic nitrogens is 2. The monoisotopic (exact) mass is 286 g/mol. The van der Waals surface area contributed by atoms with Gasteiger partial charge in [0, 0.05) is 12.1 Å². The van der Waals surface area contributed by atoms with Gasteiger partial charge in [-0.05, 0) is 43.3 Å². The van der Waals surface area contributed by atoms with E-state index in [0.717, 1.165) is 5.75 Å². The quantitative estimate of drug-likeness (QED) is 0.843.